The van der Waals surface area contributed by atoms with E-state index in [0.29, 0.717) is 6.54 Å². The van der Waals surface area contributed by atoms with Gasteiger partial charge in [0, 0.05) is 11.4 Å². The summed E-state index contributed by atoms with van der Waals surface area (Å²) in [4.78, 5) is 4.48. The summed E-state index contributed by atoms with van der Waals surface area (Å²) in [6.07, 6.45) is 6.30. The predicted molar refractivity (Wildman–Crippen MR) is 182 cm³/mol. The molecule has 4 nitrogen and oxygen atoms in total. The second kappa shape index (κ2) is 10.9. The number of fused-ring (bicyclic) bond motifs is 4. The van der Waals surface area contributed by atoms with Crippen LogP contribution in [0.25, 0.3) is 32.9 Å². The summed E-state index contributed by atoms with van der Waals surface area (Å²) >= 11 is 0. The number of hydrogen-bond acceptors (Lipinski definition) is 2. The van der Waals surface area contributed by atoms with E-state index in [4.69, 9.17) is 5.32 Å². The van der Waals surface area contributed by atoms with Crippen molar-refractivity contribution in [3.63, 3.8) is 0 Å². The largest absolute Gasteiger partial charge is 4.00 e. The molecule has 1 aromatic heterocycles. The van der Waals surface area contributed by atoms with Gasteiger partial charge in [0.15, 0.2) is 0 Å². The molecular weight excluding hydrogens is 724 g/mol. The van der Waals surface area contributed by atoms with Crippen molar-refractivity contribution in [2.45, 2.75) is 39.3 Å². The van der Waals surface area contributed by atoms with E-state index in [0.717, 1.165) is 17.0 Å². The van der Waals surface area contributed by atoms with E-state index in [1.54, 1.807) is 0 Å². The van der Waals surface area contributed by atoms with Gasteiger partial charge in [0.2, 0.25) is 0 Å². The number of benzene rings is 4. The molecule has 4 aromatic carbocycles. The Morgan fingerprint density at radius 3 is 2.35 bits per heavy atom. The number of hydrogen-bond donors (Lipinski definition) is 0. The number of nitrogens with zero attached hydrogens (tertiary/aromatic N) is 4. The van der Waals surface area contributed by atoms with Crippen LogP contribution >= 0.6 is 0 Å². The van der Waals surface area contributed by atoms with Gasteiger partial charge in [-0.25, -0.2) is 0 Å². The molecule has 43 heavy (non-hydrogen) atoms. The van der Waals surface area contributed by atoms with Crippen molar-refractivity contribution in [3.8, 4) is 0 Å². The minimum Gasteiger partial charge on any atom is -0.504 e. The normalized spacial score (nSPS) is 15.0. The van der Waals surface area contributed by atoms with Crippen molar-refractivity contribution in [2.75, 3.05) is 23.4 Å². The van der Waals surface area contributed by atoms with Crippen LogP contribution in [0.3, 0.4) is 0 Å². The molecule has 7 rings (SSSR count). The average molecular weight is 760 g/mol. The minimum atomic E-state index is -2.24. The van der Waals surface area contributed by atoms with Gasteiger partial charge in [0.05, 0.1) is 8.07 Å². The molecule has 6 heteroatoms. The van der Waals surface area contributed by atoms with E-state index in [2.05, 4.69) is 165 Å². The Morgan fingerprint density at radius 1 is 0.860 bits per heavy atom. The van der Waals surface area contributed by atoms with Gasteiger partial charge in [-0.05, 0) is 36.7 Å². The summed E-state index contributed by atoms with van der Waals surface area (Å²) in [6.45, 7) is 14.6. The second-order valence-corrected chi connectivity index (χ2v) is 17.2. The average Bonchev–Trinajstić information content (AvgIpc) is 3.51. The molecule has 0 radical (unpaired) electrons. The Kier molecular flexibility index (Phi) is 7.47. The molecule has 0 saturated carbocycles. The summed E-state index contributed by atoms with van der Waals surface area (Å²) in [5.41, 5.74) is 7.05. The van der Waals surface area contributed by atoms with Crippen molar-refractivity contribution >= 4 is 63.1 Å². The molecule has 0 spiro atoms. The fourth-order valence-electron chi connectivity index (χ4n) is 6.11. The maximum absolute atomic E-state index is 4.85. The van der Waals surface area contributed by atoms with Crippen molar-refractivity contribution < 1.29 is 21.1 Å². The Bertz CT molecular complexity index is 1910. The Balaban J connectivity index is 0.00000329. The summed E-state index contributed by atoms with van der Waals surface area (Å²) < 4.78 is 2.29. The quantitative estimate of drug-likeness (QED) is 0.137. The Hall–Kier alpha value is -3.53. The molecule has 0 aliphatic carbocycles. The Labute approximate surface area is 271 Å². The topological polar surface area (TPSA) is 25.5 Å². The molecule has 0 saturated heterocycles. The summed E-state index contributed by atoms with van der Waals surface area (Å²) in [5.74, 6) is 0.965. The molecule has 0 N–H and O–H groups in total. The van der Waals surface area contributed by atoms with Gasteiger partial charge >= 0.3 is 21.1 Å². The first-order valence-corrected chi connectivity index (χ1v) is 17.7. The monoisotopic (exact) mass is 759 g/mol. The second-order valence-electron chi connectivity index (χ2n) is 12.9. The molecular formula is C37H36N4PtSi. The molecule has 0 unspecified atom stereocenters. The van der Waals surface area contributed by atoms with Crippen LogP contribution < -0.4 is 20.2 Å². The zero-order chi connectivity index (χ0) is 29.2. The number of para-hydroxylation sites is 3. The SMILES string of the molecule is CN1[CH-]N(c2[c-]c([Si](C)(C)c3[c-]c4c(cc3)c3ccccc3n4C3=CC=CC[N-]3)cc(C(C)(C)C)c2)c2ccccc21.[Pt+4]. The van der Waals surface area contributed by atoms with Crippen molar-refractivity contribution in [1.29, 1.82) is 0 Å². The Morgan fingerprint density at radius 2 is 1.60 bits per heavy atom. The van der Waals surface area contributed by atoms with Gasteiger partial charge in [-0.1, -0.05) is 99.7 Å². The third-order valence-electron chi connectivity index (χ3n) is 8.69. The van der Waals surface area contributed by atoms with Gasteiger partial charge in [-0.15, -0.1) is 22.7 Å². The van der Waals surface area contributed by atoms with Crippen molar-refractivity contribution in [3.05, 3.63) is 121 Å². The van der Waals surface area contributed by atoms with Gasteiger partial charge in [-0.2, -0.15) is 52.9 Å². The minimum absolute atomic E-state index is 0. The first-order chi connectivity index (χ1) is 20.1. The van der Waals surface area contributed by atoms with Crippen molar-refractivity contribution in [2.24, 2.45) is 0 Å². The zero-order valence-corrected chi connectivity index (χ0v) is 28.8. The molecule has 2 aliphatic rings. The van der Waals surface area contributed by atoms with E-state index < -0.39 is 8.07 Å². The molecule has 0 atom stereocenters. The molecule has 5 aromatic rings. The summed E-state index contributed by atoms with van der Waals surface area (Å²) in [5, 5.41) is 9.85. The third kappa shape index (κ3) is 4.97. The smallest absolute Gasteiger partial charge is 0.504 e. The summed E-state index contributed by atoms with van der Waals surface area (Å²) in [6, 6.07) is 34.4. The first-order valence-electron chi connectivity index (χ1n) is 14.7. The number of aromatic nitrogens is 1. The van der Waals surface area contributed by atoms with Crippen LogP contribution in [0, 0.1) is 18.8 Å². The third-order valence-corrected chi connectivity index (χ3v) is 11.9. The fraction of sp³-hybridized carbons (Fsp3) is 0.216. The van der Waals surface area contributed by atoms with E-state index >= 15 is 0 Å². The van der Waals surface area contributed by atoms with Gasteiger partial charge in [-0.3, -0.25) is 0 Å². The van der Waals surface area contributed by atoms with Gasteiger partial charge in [0.25, 0.3) is 0 Å². The van der Waals surface area contributed by atoms with Crippen LogP contribution in [0.15, 0.2) is 91.0 Å². The van der Waals surface area contributed by atoms with E-state index in [9.17, 15) is 0 Å². The zero-order valence-electron chi connectivity index (χ0n) is 25.5. The standard InChI is InChI=1S/C37H36N4Si.Pt/c1-37(2,3)26-21-27(40-25-39(4)33-15-9-10-16-34(33)40)23-29(22-26)42(5,6)28-18-19-31-30-13-7-8-14-32(30)41(35(31)24-28)36-17-11-12-20-38-36;/h7-19,21-22,25H,20H2,1-6H3;/q-4;+4. The molecule has 0 amide bonds. The van der Waals surface area contributed by atoms with Crippen molar-refractivity contribution in [1.82, 2.24) is 4.57 Å². The molecule has 2 aliphatic heterocycles. The van der Waals surface area contributed by atoms with Crippen LogP contribution in [-0.4, -0.2) is 26.2 Å². The number of allylic oxidation sites excluding steroid dienone is 2. The maximum Gasteiger partial charge on any atom is 4.00 e. The number of rotatable bonds is 4. The van der Waals surface area contributed by atoms with Gasteiger partial charge < -0.3 is 19.7 Å². The van der Waals surface area contributed by atoms with Crippen LogP contribution in [0.1, 0.15) is 26.3 Å². The molecule has 0 fully saturated rings. The van der Waals surface area contributed by atoms with Gasteiger partial charge in [0.1, 0.15) is 0 Å². The van der Waals surface area contributed by atoms with Crippen LogP contribution in [-0.2, 0) is 26.5 Å². The van der Waals surface area contributed by atoms with E-state index in [1.807, 2.05) is 0 Å². The summed E-state index contributed by atoms with van der Waals surface area (Å²) in [7, 11) is -0.128. The van der Waals surface area contributed by atoms with Crippen LogP contribution in [0.4, 0.5) is 17.1 Å². The number of anilines is 3. The molecule has 218 valence electrons. The molecule has 3 heterocycles. The van der Waals surface area contributed by atoms with Crippen LogP contribution in [0.2, 0.25) is 13.1 Å². The maximum atomic E-state index is 4.85. The predicted octanol–water partition coefficient (Wildman–Crippen LogP) is 7.96. The van der Waals surface area contributed by atoms with E-state index in [-0.39, 0.29) is 26.5 Å². The van der Waals surface area contributed by atoms with Crippen LogP contribution in [0.5, 0.6) is 0 Å². The van der Waals surface area contributed by atoms with E-state index in [1.165, 1.54) is 43.6 Å². The first kappa shape index (κ1) is 29.5. The molecule has 0 bridgehead atoms. The fourth-order valence-corrected chi connectivity index (χ4v) is 8.29.